The maximum atomic E-state index is 13.2. The summed E-state index contributed by atoms with van der Waals surface area (Å²) in [6.07, 6.45) is 10.2. The third-order valence-electron chi connectivity index (χ3n) is 6.82. The van der Waals surface area contributed by atoms with Gasteiger partial charge in [0.05, 0.1) is 12.1 Å². The van der Waals surface area contributed by atoms with Crippen LogP contribution in [0.5, 0.6) is 0 Å². The molecule has 1 heterocycles. The maximum absolute atomic E-state index is 13.2. The number of hydrogen-bond acceptors (Lipinski definition) is 2. The zero-order chi connectivity index (χ0) is 20.4. The number of fused-ring (bicyclic) bond motifs is 1. The van der Waals surface area contributed by atoms with Gasteiger partial charge in [0.15, 0.2) is 0 Å². The van der Waals surface area contributed by atoms with E-state index in [1.165, 1.54) is 19.3 Å². The molecule has 156 valence electrons. The first-order valence-corrected chi connectivity index (χ1v) is 11.2. The molecule has 0 aliphatic heterocycles. The fourth-order valence-corrected chi connectivity index (χ4v) is 5.01. The lowest BCUT2D eigenvalue weighted by Gasteiger charge is -2.32. The zero-order valence-electron chi connectivity index (χ0n) is 17.7. The predicted molar refractivity (Wildman–Crippen MR) is 117 cm³/mol. The molecule has 0 radical (unpaired) electrons. The molecule has 2 N–H and O–H groups in total. The van der Waals surface area contributed by atoms with E-state index in [1.54, 1.807) is 0 Å². The summed E-state index contributed by atoms with van der Waals surface area (Å²) < 4.78 is 0. The number of nitrogens with zero attached hydrogens (tertiary/aromatic N) is 1. The number of pyridine rings is 1. The van der Waals surface area contributed by atoms with E-state index in [4.69, 9.17) is 0 Å². The highest BCUT2D eigenvalue weighted by atomic mass is 16.2. The Bertz CT molecular complexity index is 937. The van der Waals surface area contributed by atoms with E-state index in [-0.39, 0.29) is 23.7 Å². The number of nitrogens with one attached hydrogen (secondary N) is 2. The molecule has 4 rings (SSSR count). The molecule has 2 fully saturated rings. The third kappa shape index (κ3) is 4.34. The Hall–Kier alpha value is -2.30. The van der Waals surface area contributed by atoms with Crippen molar-refractivity contribution in [3.8, 4) is 0 Å². The summed E-state index contributed by atoms with van der Waals surface area (Å²) >= 11 is 0. The highest BCUT2D eigenvalue weighted by molar-refractivity contribution is 5.85. The minimum atomic E-state index is -0.0836. The monoisotopic (exact) mass is 395 g/mol. The number of benzene rings is 1. The molecule has 2 saturated carbocycles. The van der Waals surface area contributed by atoms with Crippen molar-refractivity contribution < 1.29 is 4.79 Å². The Morgan fingerprint density at radius 3 is 2.41 bits per heavy atom. The topological polar surface area (TPSA) is 65.2 Å². The van der Waals surface area contributed by atoms with Gasteiger partial charge in [0, 0.05) is 23.0 Å². The van der Waals surface area contributed by atoms with Gasteiger partial charge in [0.25, 0.3) is 5.56 Å². The number of carbonyl (C=O) groups is 1. The van der Waals surface area contributed by atoms with E-state index in [2.05, 4.69) is 23.3 Å². The van der Waals surface area contributed by atoms with Crippen molar-refractivity contribution in [2.45, 2.75) is 90.3 Å². The van der Waals surface area contributed by atoms with Gasteiger partial charge >= 0.3 is 6.03 Å². The molecule has 5 heteroatoms. The van der Waals surface area contributed by atoms with Crippen LogP contribution in [0.25, 0.3) is 10.9 Å². The molecule has 0 atom stereocenters. The van der Waals surface area contributed by atoms with Gasteiger partial charge in [0.2, 0.25) is 0 Å². The van der Waals surface area contributed by atoms with Crippen LogP contribution in [0, 0.1) is 13.8 Å². The van der Waals surface area contributed by atoms with Gasteiger partial charge in [-0.15, -0.1) is 0 Å². The van der Waals surface area contributed by atoms with Crippen LogP contribution in [0.2, 0.25) is 0 Å². The van der Waals surface area contributed by atoms with Gasteiger partial charge in [0.1, 0.15) is 0 Å². The Morgan fingerprint density at radius 2 is 1.69 bits per heavy atom. The fraction of sp³-hybridized carbons (Fsp3) is 0.583. The van der Waals surface area contributed by atoms with Crippen LogP contribution in [0.4, 0.5) is 4.79 Å². The SMILES string of the molecule is Cc1ccc(C)c2[nH]c(=O)c(CN(C(=O)NC3CCCCC3)C3CCCC3)cc12. The number of urea groups is 1. The van der Waals surface area contributed by atoms with E-state index < -0.39 is 0 Å². The predicted octanol–water partition coefficient (Wildman–Crippen LogP) is 4.93. The molecule has 29 heavy (non-hydrogen) atoms. The Morgan fingerprint density at radius 1 is 1.03 bits per heavy atom. The van der Waals surface area contributed by atoms with Crippen LogP contribution in [0.3, 0.4) is 0 Å². The first-order chi connectivity index (χ1) is 14.0. The number of aromatic amines is 1. The van der Waals surface area contributed by atoms with Gasteiger partial charge in [-0.2, -0.15) is 0 Å². The lowest BCUT2D eigenvalue weighted by atomic mass is 9.95. The lowest BCUT2D eigenvalue weighted by Crippen LogP contribution is -2.49. The molecule has 1 aromatic heterocycles. The lowest BCUT2D eigenvalue weighted by molar-refractivity contribution is 0.164. The molecule has 0 bridgehead atoms. The molecule has 5 nitrogen and oxygen atoms in total. The quantitative estimate of drug-likeness (QED) is 0.771. The second-order valence-corrected chi connectivity index (χ2v) is 8.96. The molecule has 2 amide bonds. The highest BCUT2D eigenvalue weighted by Crippen LogP contribution is 2.27. The molecule has 0 spiro atoms. The molecule has 2 aliphatic rings. The highest BCUT2D eigenvalue weighted by Gasteiger charge is 2.29. The normalized spacial score (nSPS) is 18.3. The summed E-state index contributed by atoms with van der Waals surface area (Å²) in [7, 11) is 0. The van der Waals surface area contributed by atoms with Crippen LogP contribution in [-0.4, -0.2) is 28.0 Å². The first kappa shape index (κ1) is 20.0. The number of rotatable bonds is 4. The summed E-state index contributed by atoms with van der Waals surface area (Å²) in [5.74, 6) is 0. The van der Waals surface area contributed by atoms with Crippen molar-refractivity contribution in [2.24, 2.45) is 0 Å². The summed E-state index contributed by atoms with van der Waals surface area (Å²) in [6.45, 7) is 4.45. The summed E-state index contributed by atoms with van der Waals surface area (Å²) in [5, 5.41) is 4.34. The van der Waals surface area contributed by atoms with Crippen LogP contribution in [0.15, 0.2) is 23.0 Å². The molecule has 2 aromatic rings. The van der Waals surface area contributed by atoms with Crippen LogP contribution in [-0.2, 0) is 6.54 Å². The van der Waals surface area contributed by atoms with Gasteiger partial charge in [-0.25, -0.2) is 4.79 Å². The maximum Gasteiger partial charge on any atom is 0.318 e. The first-order valence-electron chi connectivity index (χ1n) is 11.2. The number of aromatic nitrogens is 1. The number of H-pyrrole nitrogens is 1. The van der Waals surface area contributed by atoms with Crippen molar-refractivity contribution in [1.29, 1.82) is 0 Å². The standard InChI is InChI=1S/C24H33N3O2/c1-16-12-13-17(2)22-21(16)14-18(23(28)26-22)15-27(20-10-6-7-11-20)24(29)25-19-8-4-3-5-9-19/h12-14,19-20H,3-11,15H2,1-2H3,(H,25,29)(H,26,28). The minimum absolute atomic E-state index is 0.00395. The molecular formula is C24H33N3O2. The third-order valence-corrected chi connectivity index (χ3v) is 6.82. The van der Waals surface area contributed by atoms with Crippen LogP contribution >= 0.6 is 0 Å². The van der Waals surface area contributed by atoms with Crippen LogP contribution in [0.1, 0.15) is 74.5 Å². The van der Waals surface area contributed by atoms with Crippen LogP contribution < -0.4 is 10.9 Å². The Balaban J connectivity index is 1.61. The van der Waals surface area contributed by atoms with E-state index in [1.807, 2.05) is 24.0 Å². The van der Waals surface area contributed by atoms with Crippen molar-refractivity contribution >= 4 is 16.9 Å². The fourth-order valence-electron chi connectivity index (χ4n) is 5.01. The molecule has 2 aliphatic carbocycles. The number of aryl methyl sites for hydroxylation is 2. The number of carbonyl (C=O) groups excluding carboxylic acids is 1. The van der Waals surface area contributed by atoms with Crippen molar-refractivity contribution in [2.75, 3.05) is 0 Å². The molecule has 0 unspecified atom stereocenters. The van der Waals surface area contributed by atoms with E-state index in [9.17, 15) is 9.59 Å². The van der Waals surface area contributed by atoms with Crippen molar-refractivity contribution in [1.82, 2.24) is 15.2 Å². The summed E-state index contributed by atoms with van der Waals surface area (Å²) in [6, 6.07) is 6.63. The van der Waals surface area contributed by atoms with Crippen molar-refractivity contribution in [3.63, 3.8) is 0 Å². The van der Waals surface area contributed by atoms with Gasteiger partial charge < -0.3 is 15.2 Å². The number of hydrogen-bond donors (Lipinski definition) is 2. The van der Waals surface area contributed by atoms with Gasteiger partial charge in [-0.1, -0.05) is 44.2 Å². The second-order valence-electron chi connectivity index (χ2n) is 8.96. The minimum Gasteiger partial charge on any atom is -0.335 e. The van der Waals surface area contributed by atoms with Gasteiger partial charge in [-0.05, 0) is 56.7 Å². The Kier molecular flexibility index (Phi) is 5.93. The molecule has 0 saturated heterocycles. The average molecular weight is 396 g/mol. The number of amides is 2. The van der Waals surface area contributed by atoms with E-state index in [0.717, 1.165) is 60.6 Å². The smallest absolute Gasteiger partial charge is 0.318 e. The van der Waals surface area contributed by atoms with E-state index in [0.29, 0.717) is 12.1 Å². The largest absolute Gasteiger partial charge is 0.335 e. The summed E-state index contributed by atoms with van der Waals surface area (Å²) in [4.78, 5) is 31.1. The van der Waals surface area contributed by atoms with Crippen molar-refractivity contribution in [3.05, 3.63) is 45.2 Å². The zero-order valence-corrected chi connectivity index (χ0v) is 17.7. The molecule has 1 aromatic carbocycles. The van der Waals surface area contributed by atoms with E-state index >= 15 is 0 Å². The van der Waals surface area contributed by atoms with Gasteiger partial charge in [-0.3, -0.25) is 4.79 Å². The Labute approximate surface area is 172 Å². The summed E-state index contributed by atoms with van der Waals surface area (Å²) in [5.41, 5.74) is 3.70. The second kappa shape index (κ2) is 8.60. The average Bonchev–Trinajstić information content (AvgIpc) is 3.25. The molecular weight excluding hydrogens is 362 g/mol.